The molecule has 1 aliphatic rings. The lowest BCUT2D eigenvalue weighted by Gasteiger charge is -2.45. The van der Waals surface area contributed by atoms with Crippen LogP contribution in [-0.2, 0) is 6.54 Å². The molecule has 1 aromatic carbocycles. The minimum atomic E-state index is -0.160. The summed E-state index contributed by atoms with van der Waals surface area (Å²) in [5, 5.41) is 9.90. The zero-order valence-corrected chi connectivity index (χ0v) is 11.8. The smallest absolute Gasteiger partial charge is 0.0668 e. The molecule has 1 N–H and O–H groups in total. The zero-order valence-electron chi connectivity index (χ0n) is 11.8. The van der Waals surface area contributed by atoms with Crippen LogP contribution < -0.4 is 0 Å². The number of aliphatic hydroxyl groups is 1. The monoisotopic (exact) mass is 247 g/mol. The number of hydrogen-bond acceptors (Lipinski definition) is 2. The average molecular weight is 247 g/mol. The van der Waals surface area contributed by atoms with Gasteiger partial charge in [0.2, 0.25) is 0 Å². The Hall–Kier alpha value is -0.860. The van der Waals surface area contributed by atoms with E-state index in [4.69, 9.17) is 0 Å². The Bertz CT molecular complexity index is 368. The van der Waals surface area contributed by atoms with Crippen molar-refractivity contribution in [2.24, 2.45) is 5.41 Å². The van der Waals surface area contributed by atoms with Crippen molar-refractivity contribution in [1.82, 2.24) is 4.90 Å². The molecule has 18 heavy (non-hydrogen) atoms. The van der Waals surface area contributed by atoms with E-state index >= 15 is 0 Å². The normalized spacial score (nSPS) is 26.2. The largest absolute Gasteiger partial charge is 0.392 e. The van der Waals surface area contributed by atoms with E-state index in [2.05, 4.69) is 56.0 Å². The first-order chi connectivity index (χ1) is 8.47. The molecule has 0 unspecified atom stereocenters. The summed E-state index contributed by atoms with van der Waals surface area (Å²) in [6.07, 6.45) is 1.87. The molecule has 2 heteroatoms. The predicted molar refractivity (Wildman–Crippen MR) is 75.3 cm³/mol. The molecule has 1 aromatic rings. The molecule has 1 saturated heterocycles. The van der Waals surface area contributed by atoms with E-state index in [1.807, 2.05) is 0 Å². The molecule has 1 aliphatic heterocycles. The Morgan fingerprint density at radius 1 is 1.17 bits per heavy atom. The van der Waals surface area contributed by atoms with Gasteiger partial charge >= 0.3 is 0 Å². The Morgan fingerprint density at radius 2 is 1.83 bits per heavy atom. The molecule has 0 aliphatic carbocycles. The lowest BCUT2D eigenvalue weighted by Crippen LogP contribution is -2.50. The predicted octanol–water partition coefficient (Wildman–Crippen LogP) is 3.06. The van der Waals surface area contributed by atoms with Crippen LogP contribution in [0, 0.1) is 5.41 Å². The molecule has 0 bridgehead atoms. The van der Waals surface area contributed by atoms with Crippen LogP contribution in [0.2, 0.25) is 0 Å². The summed E-state index contributed by atoms with van der Waals surface area (Å²) in [4.78, 5) is 2.45. The van der Waals surface area contributed by atoms with Gasteiger partial charge in [-0.25, -0.2) is 0 Å². The first-order valence-electron chi connectivity index (χ1n) is 6.93. The van der Waals surface area contributed by atoms with Crippen LogP contribution in [0.25, 0.3) is 0 Å². The van der Waals surface area contributed by atoms with Gasteiger partial charge in [0.05, 0.1) is 6.10 Å². The molecule has 100 valence electrons. The summed E-state index contributed by atoms with van der Waals surface area (Å²) < 4.78 is 0. The van der Waals surface area contributed by atoms with Crippen LogP contribution in [0.15, 0.2) is 30.3 Å². The van der Waals surface area contributed by atoms with E-state index in [-0.39, 0.29) is 11.5 Å². The van der Waals surface area contributed by atoms with Crippen molar-refractivity contribution in [3.63, 3.8) is 0 Å². The second kappa shape index (κ2) is 5.41. The molecule has 0 amide bonds. The fraction of sp³-hybridized carbons (Fsp3) is 0.625. The van der Waals surface area contributed by atoms with Crippen molar-refractivity contribution in [2.75, 3.05) is 6.54 Å². The van der Waals surface area contributed by atoms with E-state index in [1.165, 1.54) is 5.56 Å². The molecule has 0 saturated carbocycles. The maximum absolute atomic E-state index is 9.90. The van der Waals surface area contributed by atoms with Gasteiger partial charge in [-0.15, -0.1) is 0 Å². The maximum atomic E-state index is 9.90. The molecule has 0 spiro atoms. The van der Waals surface area contributed by atoms with Crippen molar-refractivity contribution in [3.05, 3.63) is 35.9 Å². The number of piperidine rings is 1. The number of nitrogens with zero attached hydrogens (tertiary/aromatic N) is 1. The minimum absolute atomic E-state index is 0.160. The quantitative estimate of drug-likeness (QED) is 0.868. The topological polar surface area (TPSA) is 23.5 Å². The van der Waals surface area contributed by atoms with Crippen LogP contribution in [-0.4, -0.2) is 28.7 Å². The van der Waals surface area contributed by atoms with Crippen LogP contribution in [0.5, 0.6) is 0 Å². The highest BCUT2D eigenvalue weighted by Crippen LogP contribution is 2.32. The van der Waals surface area contributed by atoms with Crippen molar-refractivity contribution < 1.29 is 5.11 Å². The number of β-amino-alcohol motifs (C(OH)–C–C–N with tert-alkyl or cyclic N) is 1. The van der Waals surface area contributed by atoms with Crippen LogP contribution >= 0.6 is 0 Å². The van der Waals surface area contributed by atoms with Gasteiger partial charge in [-0.2, -0.15) is 0 Å². The highest BCUT2D eigenvalue weighted by molar-refractivity contribution is 5.15. The van der Waals surface area contributed by atoms with Gasteiger partial charge in [-0.05, 0) is 23.8 Å². The third kappa shape index (κ3) is 3.33. The minimum Gasteiger partial charge on any atom is -0.392 e. The van der Waals surface area contributed by atoms with Gasteiger partial charge in [0.1, 0.15) is 0 Å². The van der Waals surface area contributed by atoms with E-state index < -0.39 is 0 Å². The number of benzene rings is 1. The molecule has 2 nitrogen and oxygen atoms in total. The van der Waals surface area contributed by atoms with Crippen LogP contribution in [0.1, 0.15) is 39.2 Å². The number of hydrogen-bond donors (Lipinski definition) is 1. The number of aliphatic hydroxyl groups excluding tert-OH is 1. The summed E-state index contributed by atoms with van der Waals surface area (Å²) in [5.41, 5.74) is 1.61. The summed E-state index contributed by atoms with van der Waals surface area (Å²) in [6.45, 7) is 8.64. The standard InChI is InChI=1S/C16H25NO/c1-16(2,3)15-10-9-14(18)12-17(15)11-13-7-5-4-6-8-13/h4-8,14-15,18H,9-12H2,1-3H3/t14-,15-/m0/s1. The van der Waals surface area contributed by atoms with Crippen molar-refractivity contribution in [3.8, 4) is 0 Å². The van der Waals surface area contributed by atoms with Gasteiger partial charge in [0, 0.05) is 19.1 Å². The zero-order chi connectivity index (χ0) is 13.2. The van der Waals surface area contributed by atoms with E-state index in [1.54, 1.807) is 0 Å². The van der Waals surface area contributed by atoms with Crippen LogP contribution in [0.4, 0.5) is 0 Å². The molecule has 1 fully saturated rings. The third-order valence-electron chi connectivity index (χ3n) is 3.89. The lowest BCUT2D eigenvalue weighted by atomic mass is 9.80. The third-order valence-corrected chi connectivity index (χ3v) is 3.89. The summed E-state index contributed by atoms with van der Waals surface area (Å²) in [5.74, 6) is 0. The average Bonchev–Trinajstić information content (AvgIpc) is 2.28. The van der Waals surface area contributed by atoms with E-state index in [0.29, 0.717) is 6.04 Å². The van der Waals surface area contributed by atoms with Crippen molar-refractivity contribution >= 4 is 0 Å². The molecular formula is C16H25NO. The first kappa shape index (κ1) is 13.6. The lowest BCUT2D eigenvalue weighted by molar-refractivity contribution is -0.00991. The van der Waals surface area contributed by atoms with Crippen LogP contribution in [0.3, 0.4) is 0 Å². The molecule has 0 radical (unpaired) electrons. The second-order valence-electron chi connectivity index (χ2n) is 6.53. The fourth-order valence-electron chi connectivity index (χ4n) is 3.00. The van der Waals surface area contributed by atoms with Gasteiger partial charge in [0.15, 0.2) is 0 Å². The molecule has 2 atom stereocenters. The van der Waals surface area contributed by atoms with Gasteiger partial charge < -0.3 is 5.11 Å². The molecule has 0 aromatic heterocycles. The summed E-state index contributed by atoms with van der Waals surface area (Å²) >= 11 is 0. The maximum Gasteiger partial charge on any atom is 0.0668 e. The Labute approximate surface area is 111 Å². The number of likely N-dealkylation sites (tertiary alicyclic amines) is 1. The SMILES string of the molecule is CC(C)(C)[C@@H]1CC[C@H](O)CN1Cc1ccccc1. The van der Waals surface area contributed by atoms with Gasteiger partial charge in [-0.3, -0.25) is 4.90 Å². The summed E-state index contributed by atoms with van der Waals surface area (Å²) in [6, 6.07) is 11.1. The Balaban J connectivity index is 2.11. The Morgan fingerprint density at radius 3 is 2.44 bits per heavy atom. The highest BCUT2D eigenvalue weighted by Gasteiger charge is 2.34. The molecule has 1 heterocycles. The van der Waals surface area contributed by atoms with Crippen molar-refractivity contribution in [1.29, 1.82) is 0 Å². The Kier molecular flexibility index (Phi) is 4.08. The van der Waals surface area contributed by atoms with Gasteiger partial charge in [-0.1, -0.05) is 51.1 Å². The van der Waals surface area contributed by atoms with Crippen molar-refractivity contribution in [2.45, 2.75) is 52.3 Å². The van der Waals surface area contributed by atoms with Gasteiger partial charge in [0.25, 0.3) is 0 Å². The number of rotatable bonds is 2. The highest BCUT2D eigenvalue weighted by atomic mass is 16.3. The summed E-state index contributed by atoms with van der Waals surface area (Å²) in [7, 11) is 0. The first-order valence-corrected chi connectivity index (χ1v) is 6.93. The second-order valence-corrected chi connectivity index (χ2v) is 6.53. The molecular weight excluding hydrogens is 222 g/mol. The van der Waals surface area contributed by atoms with E-state index in [0.717, 1.165) is 25.9 Å². The molecule has 2 rings (SSSR count). The fourth-order valence-corrected chi connectivity index (χ4v) is 3.00. The van der Waals surface area contributed by atoms with E-state index in [9.17, 15) is 5.11 Å².